The summed E-state index contributed by atoms with van der Waals surface area (Å²) in [4.78, 5) is 21.8. The number of nitrogens with two attached hydrogens (primary N) is 1. The minimum Gasteiger partial charge on any atom is -0.480 e. The molecule has 10 nitrogen and oxygen atoms in total. The zero-order valence-corrected chi connectivity index (χ0v) is 27.0. The molecule has 2 atom stereocenters. The van der Waals surface area contributed by atoms with Gasteiger partial charge < -0.3 is 20.9 Å². The number of unbranched alkanes of at least 4 members (excludes halogenated alkanes) is 15. The van der Waals surface area contributed by atoms with Gasteiger partial charge in [-0.2, -0.15) is 13.7 Å². The third kappa shape index (κ3) is 32.5. The molecule has 0 saturated carbocycles. The van der Waals surface area contributed by atoms with E-state index < -0.39 is 34.1 Å². The number of nitriles is 1. The minimum absolute atomic E-state index is 0.0208. The maximum Gasteiger partial charge on any atom is 0.407 e. The summed E-state index contributed by atoms with van der Waals surface area (Å²) in [6.07, 6.45) is 21.4. The number of aliphatic carboxylic acids is 1. The van der Waals surface area contributed by atoms with Gasteiger partial charge in [-0.05, 0) is 12.3 Å². The molecule has 41 heavy (non-hydrogen) atoms. The number of hydrogen-bond acceptors (Lipinski definition) is 8. The van der Waals surface area contributed by atoms with Crippen molar-refractivity contribution in [1.29, 1.82) is 5.26 Å². The summed E-state index contributed by atoms with van der Waals surface area (Å²) in [5.74, 6) is -1.38. The molecule has 0 bridgehead atoms. The van der Waals surface area contributed by atoms with Crippen LogP contribution < -0.4 is 11.1 Å². The van der Waals surface area contributed by atoms with E-state index in [9.17, 15) is 18.0 Å². The van der Waals surface area contributed by atoms with E-state index in [0.29, 0.717) is 6.54 Å². The first-order valence-electron chi connectivity index (χ1n) is 15.5. The highest BCUT2D eigenvalue weighted by molar-refractivity contribution is 7.85. The molecule has 4 N–H and O–H groups in total. The highest BCUT2D eigenvalue weighted by Gasteiger charge is 2.15. The first-order chi connectivity index (χ1) is 19.4. The van der Waals surface area contributed by atoms with Crippen LogP contribution in [0.4, 0.5) is 4.79 Å². The van der Waals surface area contributed by atoms with Gasteiger partial charge in [0.05, 0.1) is 25.5 Å². The summed E-state index contributed by atoms with van der Waals surface area (Å²) in [5, 5.41) is 19.7. The van der Waals surface area contributed by atoms with Gasteiger partial charge in [-0.15, -0.1) is 0 Å². The molecule has 0 spiro atoms. The van der Waals surface area contributed by atoms with Crippen LogP contribution in [0.3, 0.4) is 0 Å². The Morgan fingerprint density at radius 2 is 1.29 bits per heavy atom. The van der Waals surface area contributed by atoms with Crippen LogP contribution in [-0.2, 0) is 23.8 Å². The highest BCUT2D eigenvalue weighted by atomic mass is 32.2. The molecule has 0 saturated heterocycles. The molecule has 0 aromatic carbocycles. The Hall–Kier alpha value is -1.90. The van der Waals surface area contributed by atoms with Gasteiger partial charge in [0.25, 0.3) is 10.1 Å². The quantitative estimate of drug-likeness (QED) is 0.0773. The lowest BCUT2D eigenvalue weighted by atomic mass is 10.0. The number of carboxylic acids is 1. The lowest BCUT2D eigenvalue weighted by Crippen LogP contribution is -2.34. The highest BCUT2D eigenvalue weighted by Crippen LogP contribution is 2.13. The standard InChI is InChI=1S/C25H48N2O5S.C5H11NO2/c1-3-4-5-6-7-8-9-10-11-12-13-14-15-16-17-18-21-27-25(28)31-22-24(19-20-26)23-32-33(2,29)30;1-3(2)4(6)5(7)8/h24H,3-19,21-23H2,1-2H3,(H,27,28);3-4H,6H2,1-2H3,(H,7,8)/t;4-/m.0/s1. The second kappa shape index (κ2) is 28.2. The molecule has 0 aromatic heterocycles. The van der Waals surface area contributed by atoms with Crippen molar-refractivity contribution in [3.05, 3.63) is 0 Å². The van der Waals surface area contributed by atoms with Gasteiger partial charge in [0.1, 0.15) is 6.04 Å². The zero-order valence-electron chi connectivity index (χ0n) is 26.2. The van der Waals surface area contributed by atoms with Gasteiger partial charge >= 0.3 is 12.1 Å². The van der Waals surface area contributed by atoms with Gasteiger partial charge in [-0.1, -0.05) is 117 Å². The van der Waals surface area contributed by atoms with E-state index in [1.807, 2.05) is 6.07 Å². The van der Waals surface area contributed by atoms with E-state index >= 15 is 0 Å². The number of amides is 1. The molecule has 11 heteroatoms. The molecule has 0 rings (SSSR count). The van der Waals surface area contributed by atoms with E-state index in [-0.39, 0.29) is 25.6 Å². The third-order valence-electron chi connectivity index (χ3n) is 6.65. The van der Waals surface area contributed by atoms with Crippen molar-refractivity contribution in [1.82, 2.24) is 5.32 Å². The number of carboxylic acid groups (broad SMARTS) is 1. The van der Waals surface area contributed by atoms with Gasteiger partial charge in [0.2, 0.25) is 0 Å². The Labute approximate surface area is 250 Å². The second-order valence-corrected chi connectivity index (χ2v) is 12.8. The second-order valence-electron chi connectivity index (χ2n) is 11.2. The SMILES string of the molecule is CC(C)[C@H](N)C(=O)O.CCCCCCCCCCCCCCCCCCNC(=O)OCC(CC#N)COS(C)(=O)=O. The first-order valence-corrected chi connectivity index (χ1v) is 17.4. The normalized spacial score (nSPS) is 12.6. The average Bonchev–Trinajstić information content (AvgIpc) is 2.91. The summed E-state index contributed by atoms with van der Waals surface area (Å²) in [6.45, 7) is 6.16. The van der Waals surface area contributed by atoms with Crippen molar-refractivity contribution < 1.29 is 32.0 Å². The number of nitrogens with zero attached hydrogens (tertiary/aromatic N) is 1. The molecule has 0 aliphatic heterocycles. The summed E-state index contributed by atoms with van der Waals surface area (Å²) in [7, 11) is -3.58. The molecule has 1 unspecified atom stereocenters. The number of ether oxygens (including phenoxy) is 1. The van der Waals surface area contributed by atoms with Crippen molar-refractivity contribution in [2.24, 2.45) is 17.6 Å². The monoisotopic (exact) mass is 605 g/mol. The summed E-state index contributed by atoms with van der Waals surface area (Å²) in [5.41, 5.74) is 5.16. The fourth-order valence-corrected chi connectivity index (χ4v) is 4.35. The fourth-order valence-electron chi connectivity index (χ4n) is 3.91. The summed E-state index contributed by atoms with van der Waals surface area (Å²) >= 11 is 0. The number of alkyl carbamates (subject to hydrolysis) is 1. The molecule has 0 heterocycles. The largest absolute Gasteiger partial charge is 0.480 e. The maximum atomic E-state index is 11.7. The predicted octanol–water partition coefficient (Wildman–Crippen LogP) is 6.53. The van der Waals surface area contributed by atoms with Crippen LogP contribution >= 0.6 is 0 Å². The van der Waals surface area contributed by atoms with E-state index in [1.54, 1.807) is 13.8 Å². The molecule has 1 amide bonds. The minimum atomic E-state index is -3.58. The summed E-state index contributed by atoms with van der Waals surface area (Å²) in [6, 6.07) is 1.23. The zero-order chi connectivity index (χ0) is 31.4. The third-order valence-corrected chi connectivity index (χ3v) is 7.22. The van der Waals surface area contributed by atoms with Crippen LogP contribution in [0.5, 0.6) is 0 Å². The number of rotatable bonds is 25. The Kier molecular flexibility index (Phi) is 28.4. The summed E-state index contributed by atoms with van der Waals surface area (Å²) < 4.78 is 31.8. The lowest BCUT2D eigenvalue weighted by molar-refractivity contribution is -0.139. The molecular formula is C30H59N3O7S. The van der Waals surface area contributed by atoms with E-state index in [0.717, 1.165) is 19.1 Å². The van der Waals surface area contributed by atoms with Crippen LogP contribution in [0.2, 0.25) is 0 Å². The number of hydrogen-bond donors (Lipinski definition) is 3. The molecule has 0 aromatic rings. The molecular weight excluding hydrogens is 546 g/mol. The van der Waals surface area contributed by atoms with Crippen molar-refractivity contribution in [2.45, 2.75) is 136 Å². The number of nitrogens with one attached hydrogen (secondary N) is 1. The van der Waals surface area contributed by atoms with Crippen LogP contribution in [0.1, 0.15) is 130 Å². The first kappa shape index (κ1) is 41.2. The lowest BCUT2D eigenvalue weighted by Gasteiger charge is -2.14. The van der Waals surface area contributed by atoms with Crippen molar-refractivity contribution in [3.63, 3.8) is 0 Å². The van der Waals surface area contributed by atoms with Crippen molar-refractivity contribution in [3.8, 4) is 6.07 Å². The Balaban J connectivity index is 0. The maximum absolute atomic E-state index is 11.7. The smallest absolute Gasteiger partial charge is 0.407 e. The van der Waals surface area contributed by atoms with E-state index in [1.165, 1.54) is 89.9 Å². The van der Waals surface area contributed by atoms with Gasteiger partial charge in [0, 0.05) is 18.9 Å². The van der Waals surface area contributed by atoms with Crippen molar-refractivity contribution in [2.75, 3.05) is 26.0 Å². The number of carbonyl (C=O) groups excluding carboxylic acids is 1. The molecule has 0 aliphatic rings. The van der Waals surface area contributed by atoms with Crippen LogP contribution in [0.25, 0.3) is 0 Å². The number of carbonyl (C=O) groups is 2. The average molecular weight is 606 g/mol. The predicted molar refractivity (Wildman–Crippen MR) is 164 cm³/mol. The van der Waals surface area contributed by atoms with Crippen LogP contribution in [0.15, 0.2) is 0 Å². The van der Waals surface area contributed by atoms with E-state index in [2.05, 4.69) is 16.4 Å². The molecule has 0 radical (unpaired) electrons. The van der Waals surface area contributed by atoms with Gasteiger partial charge in [-0.3, -0.25) is 8.98 Å². The molecule has 0 aliphatic carbocycles. The topological polar surface area (TPSA) is 169 Å². The van der Waals surface area contributed by atoms with Crippen molar-refractivity contribution >= 4 is 22.2 Å². The Morgan fingerprint density at radius 1 is 0.854 bits per heavy atom. The van der Waals surface area contributed by atoms with Crippen LogP contribution in [0, 0.1) is 23.2 Å². The Bertz CT molecular complexity index is 785. The molecule has 0 fully saturated rings. The fraction of sp³-hybridized carbons (Fsp3) is 0.900. The van der Waals surface area contributed by atoms with Gasteiger partial charge in [-0.25, -0.2) is 4.79 Å². The van der Waals surface area contributed by atoms with Gasteiger partial charge in [0.15, 0.2) is 0 Å². The molecule has 242 valence electrons. The van der Waals surface area contributed by atoms with E-state index in [4.69, 9.17) is 20.8 Å². The van der Waals surface area contributed by atoms with Crippen LogP contribution in [-0.4, -0.2) is 57.6 Å². The Morgan fingerprint density at radius 3 is 1.63 bits per heavy atom.